The molecule has 0 aliphatic heterocycles. The minimum Gasteiger partial charge on any atom is -0.484 e. The summed E-state index contributed by atoms with van der Waals surface area (Å²) in [6, 6.07) is 29.3. The van der Waals surface area contributed by atoms with Crippen molar-refractivity contribution in [1.29, 1.82) is 0 Å². The van der Waals surface area contributed by atoms with E-state index in [1.807, 2.05) is 95.9 Å². The summed E-state index contributed by atoms with van der Waals surface area (Å²) in [6.45, 7) is 1.12. The Morgan fingerprint density at radius 3 is 1.75 bits per heavy atom. The van der Waals surface area contributed by atoms with Crippen LogP contribution in [0.3, 0.4) is 0 Å². The molecule has 3 rings (SSSR count). The molecular formula is C23H22N2O2S. The zero-order chi connectivity index (χ0) is 19.6. The maximum absolute atomic E-state index is 12.3. The van der Waals surface area contributed by atoms with Crippen LogP contribution in [0.25, 0.3) is 0 Å². The van der Waals surface area contributed by atoms with E-state index in [0.29, 0.717) is 24.0 Å². The Hall–Kier alpha value is -3.18. The number of benzene rings is 3. The largest absolute Gasteiger partial charge is 0.484 e. The van der Waals surface area contributed by atoms with Gasteiger partial charge in [-0.25, -0.2) is 0 Å². The first-order valence-corrected chi connectivity index (χ1v) is 9.46. The van der Waals surface area contributed by atoms with Gasteiger partial charge < -0.3 is 15.0 Å². The zero-order valence-electron chi connectivity index (χ0n) is 15.5. The summed E-state index contributed by atoms with van der Waals surface area (Å²) >= 11 is 5.52. The molecule has 0 radical (unpaired) electrons. The van der Waals surface area contributed by atoms with Crippen LogP contribution in [-0.4, -0.2) is 22.5 Å². The lowest BCUT2D eigenvalue weighted by Crippen LogP contribution is -2.43. The summed E-state index contributed by atoms with van der Waals surface area (Å²) in [5, 5.41) is 3.17. The Morgan fingerprint density at radius 1 is 0.786 bits per heavy atom. The van der Waals surface area contributed by atoms with Crippen LogP contribution < -0.4 is 10.1 Å². The van der Waals surface area contributed by atoms with E-state index in [0.717, 1.165) is 11.1 Å². The van der Waals surface area contributed by atoms with Crippen molar-refractivity contribution in [3.8, 4) is 5.75 Å². The first-order chi connectivity index (χ1) is 13.7. The molecule has 0 atom stereocenters. The summed E-state index contributed by atoms with van der Waals surface area (Å²) in [4.78, 5) is 14.3. The average molecular weight is 391 g/mol. The Kier molecular flexibility index (Phi) is 7.15. The minimum atomic E-state index is -0.278. The van der Waals surface area contributed by atoms with Crippen molar-refractivity contribution >= 4 is 23.2 Å². The molecule has 0 spiro atoms. The third kappa shape index (κ3) is 6.21. The number of nitrogens with zero attached hydrogens (tertiary/aromatic N) is 1. The molecule has 1 amide bonds. The highest BCUT2D eigenvalue weighted by Gasteiger charge is 2.14. The third-order valence-corrected chi connectivity index (χ3v) is 4.44. The number of rotatable bonds is 7. The van der Waals surface area contributed by atoms with Crippen LogP contribution in [0.15, 0.2) is 91.0 Å². The molecule has 0 fully saturated rings. The quantitative estimate of drug-likeness (QED) is 0.615. The van der Waals surface area contributed by atoms with E-state index in [1.165, 1.54) is 0 Å². The number of hydrogen-bond acceptors (Lipinski definition) is 3. The van der Waals surface area contributed by atoms with Gasteiger partial charge in [0.15, 0.2) is 11.7 Å². The Morgan fingerprint density at radius 2 is 1.25 bits per heavy atom. The van der Waals surface area contributed by atoms with Gasteiger partial charge in [-0.05, 0) is 35.5 Å². The fourth-order valence-electron chi connectivity index (χ4n) is 2.71. The fraction of sp³-hybridized carbons (Fsp3) is 0.130. The van der Waals surface area contributed by atoms with Crippen LogP contribution in [0, 0.1) is 0 Å². The van der Waals surface area contributed by atoms with Gasteiger partial charge in [0, 0.05) is 13.1 Å². The van der Waals surface area contributed by atoms with Crippen LogP contribution in [-0.2, 0) is 17.9 Å². The molecule has 0 aromatic heterocycles. The first-order valence-electron chi connectivity index (χ1n) is 9.05. The monoisotopic (exact) mass is 390 g/mol. The normalized spacial score (nSPS) is 10.1. The smallest absolute Gasteiger partial charge is 0.264 e. The average Bonchev–Trinajstić information content (AvgIpc) is 2.74. The first kappa shape index (κ1) is 19.6. The molecule has 4 nitrogen and oxygen atoms in total. The molecule has 0 aliphatic rings. The van der Waals surface area contributed by atoms with Gasteiger partial charge in [-0.1, -0.05) is 78.9 Å². The molecule has 0 saturated carbocycles. The summed E-state index contributed by atoms with van der Waals surface area (Å²) in [5.41, 5.74) is 2.24. The number of para-hydroxylation sites is 1. The van der Waals surface area contributed by atoms with Crippen molar-refractivity contribution in [1.82, 2.24) is 10.2 Å². The molecule has 1 N–H and O–H groups in total. The standard InChI is InChI=1S/C23H22N2O2S/c26-22(18-27-21-14-8-3-9-15-21)24-23(28)25(16-19-10-4-1-5-11-19)17-20-12-6-2-7-13-20/h1-15H,16-18H2,(H,24,26,28). The second kappa shape index (κ2) is 10.2. The van der Waals surface area contributed by atoms with E-state index in [1.54, 1.807) is 0 Å². The molecule has 0 saturated heterocycles. The molecule has 0 bridgehead atoms. The molecular weight excluding hydrogens is 368 g/mol. The van der Waals surface area contributed by atoms with Gasteiger partial charge in [-0.3, -0.25) is 4.79 Å². The van der Waals surface area contributed by atoms with Crippen LogP contribution in [0.1, 0.15) is 11.1 Å². The fourth-order valence-corrected chi connectivity index (χ4v) is 2.95. The highest BCUT2D eigenvalue weighted by atomic mass is 32.1. The van der Waals surface area contributed by atoms with Crippen molar-refractivity contribution in [2.45, 2.75) is 13.1 Å². The zero-order valence-corrected chi connectivity index (χ0v) is 16.3. The van der Waals surface area contributed by atoms with Crippen molar-refractivity contribution in [3.63, 3.8) is 0 Å². The molecule has 3 aromatic rings. The molecule has 0 aliphatic carbocycles. The highest BCUT2D eigenvalue weighted by Crippen LogP contribution is 2.11. The Balaban J connectivity index is 1.62. The van der Waals surface area contributed by atoms with Gasteiger partial charge >= 0.3 is 0 Å². The number of carbonyl (C=O) groups excluding carboxylic acids is 1. The second-order valence-corrected chi connectivity index (χ2v) is 6.67. The van der Waals surface area contributed by atoms with Crippen molar-refractivity contribution in [3.05, 3.63) is 102 Å². The number of hydrogen-bond donors (Lipinski definition) is 1. The van der Waals surface area contributed by atoms with E-state index in [9.17, 15) is 4.79 Å². The topological polar surface area (TPSA) is 41.6 Å². The summed E-state index contributed by atoms with van der Waals surface area (Å²) in [5.74, 6) is 0.369. The predicted molar refractivity (Wildman–Crippen MR) is 115 cm³/mol. The van der Waals surface area contributed by atoms with Gasteiger partial charge in [-0.15, -0.1) is 0 Å². The Bertz CT molecular complexity index is 845. The van der Waals surface area contributed by atoms with E-state index < -0.39 is 0 Å². The SMILES string of the molecule is O=C(COc1ccccc1)NC(=S)N(Cc1ccccc1)Cc1ccccc1. The molecule has 0 unspecified atom stereocenters. The van der Waals surface area contributed by atoms with Gasteiger partial charge in [0.1, 0.15) is 5.75 Å². The van der Waals surface area contributed by atoms with E-state index in [-0.39, 0.29) is 12.5 Å². The number of ether oxygens (including phenoxy) is 1. The number of nitrogens with one attached hydrogen (secondary N) is 1. The summed E-state index contributed by atoms with van der Waals surface area (Å²) in [6.07, 6.45) is 0. The van der Waals surface area contributed by atoms with E-state index >= 15 is 0 Å². The minimum absolute atomic E-state index is 0.0886. The van der Waals surface area contributed by atoms with Gasteiger partial charge in [0.05, 0.1) is 0 Å². The highest BCUT2D eigenvalue weighted by molar-refractivity contribution is 7.80. The van der Waals surface area contributed by atoms with Gasteiger partial charge in [0.2, 0.25) is 0 Å². The van der Waals surface area contributed by atoms with Crippen molar-refractivity contribution in [2.75, 3.05) is 6.61 Å². The molecule has 28 heavy (non-hydrogen) atoms. The van der Waals surface area contributed by atoms with Crippen LogP contribution in [0.4, 0.5) is 0 Å². The molecule has 142 valence electrons. The lowest BCUT2D eigenvalue weighted by molar-refractivity contribution is -0.121. The number of amides is 1. The second-order valence-electron chi connectivity index (χ2n) is 6.28. The van der Waals surface area contributed by atoms with Gasteiger partial charge in [-0.2, -0.15) is 0 Å². The van der Waals surface area contributed by atoms with Crippen LogP contribution >= 0.6 is 12.2 Å². The Labute approximate surface area is 170 Å². The summed E-state index contributed by atoms with van der Waals surface area (Å²) < 4.78 is 5.49. The van der Waals surface area contributed by atoms with E-state index in [4.69, 9.17) is 17.0 Å². The molecule has 5 heteroatoms. The van der Waals surface area contributed by atoms with Crippen LogP contribution in [0.5, 0.6) is 5.75 Å². The van der Waals surface area contributed by atoms with E-state index in [2.05, 4.69) is 5.32 Å². The number of carbonyl (C=O) groups is 1. The number of thiocarbonyl (C=S) groups is 1. The lowest BCUT2D eigenvalue weighted by atomic mass is 10.2. The summed E-state index contributed by atoms with van der Waals surface area (Å²) in [7, 11) is 0. The molecule has 0 heterocycles. The van der Waals surface area contributed by atoms with Crippen molar-refractivity contribution < 1.29 is 9.53 Å². The third-order valence-electron chi connectivity index (χ3n) is 4.08. The van der Waals surface area contributed by atoms with Crippen molar-refractivity contribution in [2.24, 2.45) is 0 Å². The maximum Gasteiger partial charge on any atom is 0.264 e. The van der Waals surface area contributed by atoms with Gasteiger partial charge in [0.25, 0.3) is 5.91 Å². The lowest BCUT2D eigenvalue weighted by Gasteiger charge is -2.25. The molecule has 3 aromatic carbocycles. The van der Waals surface area contributed by atoms with Crippen LogP contribution in [0.2, 0.25) is 0 Å². The maximum atomic E-state index is 12.3. The predicted octanol–water partition coefficient (Wildman–Crippen LogP) is 4.17.